The molecule has 19 heavy (non-hydrogen) atoms. The van der Waals surface area contributed by atoms with Crippen LogP contribution in [0.3, 0.4) is 0 Å². The molecule has 0 bridgehead atoms. The summed E-state index contributed by atoms with van der Waals surface area (Å²) in [6.45, 7) is 0.354. The van der Waals surface area contributed by atoms with Gasteiger partial charge in [0.05, 0.1) is 18.8 Å². The van der Waals surface area contributed by atoms with Gasteiger partial charge >= 0.3 is 5.97 Å². The second-order valence-corrected chi connectivity index (χ2v) is 7.19. The highest BCUT2D eigenvalue weighted by molar-refractivity contribution is 7.89. The van der Waals surface area contributed by atoms with Gasteiger partial charge in [0.25, 0.3) is 0 Å². The summed E-state index contributed by atoms with van der Waals surface area (Å²) in [4.78, 5) is 11.0. The third-order valence-electron chi connectivity index (χ3n) is 3.66. The van der Waals surface area contributed by atoms with Crippen LogP contribution in [0.25, 0.3) is 0 Å². The molecule has 1 aliphatic rings. The lowest BCUT2D eigenvalue weighted by atomic mass is 9.72. The molecular formula is C12H23NO5S. The minimum Gasteiger partial charge on any atom is -0.481 e. The maximum absolute atomic E-state index is 11.7. The van der Waals surface area contributed by atoms with E-state index in [0.29, 0.717) is 0 Å². The summed E-state index contributed by atoms with van der Waals surface area (Å²) in [6.07, 6.45) is 4.59. The van der Waals surface area contributed by atoms with E-state index in [-0.39, 0.29) is 25.3 Å². The van der Waals surface area contributed by atoms with Crippen molar-refractivity contribution in [3.8, 4) is 0 Å². The third kappa shape index (κ3) is 5.88. The number of ether oxygens (including phenoxy) is 1. The van der Waals surface area contributed by atoms with Gasteiger partial charge in [-0.15, -0.1) is 0 Å². The van der Waals surface area contributed by atoms with Crippen LogP contribution in [-0.2, 0) is 19.6 Å². The molecule has 0 saturated heterocycles. The molecule has 0 spiro atoms. The zero-order chi connectivity index (χ0) is 14.4. The monoisotopic (exact) mass is 293 g/mol. The summed E-state index contributed by atoms with van der Waals surface area (Å²) in [6, 6.07) is 0. The summed E-state index contributed by atoms with van der Waals surface area (Å²) in [7, 11) is -1.94. The smallest absolute Gasteiger partial charge is 0.303 e. The summed E-state index contributed by atoms with van der Waals surface area (Å²) in [5.74, 6) is -0.954. The highest BCUT2D eigenvalue weighted by Crippen LogP contribution is 2.38. The van der Waals surface area contributed by atoms with Crippen molar-refractivity contribution in [2.75, 3.05) is 26.0 Å². The molecule has 1 aliphatic carbocycles. The number of carboxylic acid groups (broad SMARTS) is 1. The van der Waals surface area contributed by atoms with Crippen molar-refractivity contribution in [1.82, 2.24) is 4.72 Å². The van der Waals surface area contributed by atoms with Crippen molar-refractivity contribution in [2.45, 2.75) is 38.5 Å². The van der Waals surface area contributed by atoms with E-state index < -0.39 is 21.4 Å². The van der Waals surface area contributed by atoms with Crippen molar-refractivity contribution >= 4 is 16.0 Å². The second-order valence-electron chi connectivity index (χ2n) is 5.26. The Hall–Kier alpha value is -0.660. The molecule has 112 valence electrons. The maximum atomic E-state index is 11.7. The molecule has 0 aromatic rings. The number of sulfonamides is 1. The number of aliphatic carboxylic acids is 1. The Kier molecular flexibility index (Phi) is 6.22. The topological polar surface area (TPSA) is 92.7 Å². The van der Waals surface area contributed by atoms with Crippen molar-refractivity contribution < 1.29 is 23.1 Å². The van der Waals surface area contributed by atoms with E-state index >= 15 is 0 Å². The number of nitrogens with one attached hydrogen (secondary N) is 1. The van der Waals surface area contributed by atoms with E-state index in [1.165, 1.54) is 7.11 Å². The largest absolute Gasteiger partial charge is 0.481 e. The first kappa shape index (κ1) is 16.4. The predicted octanol–water partition coefficient (Wildman–Crippen LogP) is 0.977. The van der Waals surface area contributed by atoms with E-state index in [9.17, 15) is 13.2 Å². The molecule has 6 nitrogen and oxygen atoms in total. The van der Waals surface area contributed by atoms with Crippen molar-refractivity contribution in [1.29, 1.82) is 0 Å². The summed E-state index contributed by atoms with van der Waals surface area (Å²) >= 11 is 0. The molecule has 0 aliphatic heterocycles. The van der Waals surface area contributed by atoms with E-state index in [1.54, 1.807) is 0 Å². The molecule has 0 heterocycles. The lowest BCUT2D eigenvalue weighted by Gasteiger charge is -2.36. The lowest BCUT2D eigenvalue weighted by molar-refractivity contribution is -0.140. The highest BCUT2D eigenvalue weighted by atomic mass is 32.2. The van der Waals surface area contributed by atoms with Gasteiger partial charge in [-0.1, -0.05) is 19.3 Å². The molecule has 0 radical (unpaired) electrons. The molecule has 7 heteroatoms. The molecule has 0 amide bonds. The fraction of sp³-hybridized carbons (Fsp3) is 0.917. The van der Waals surface area contributed by atoms with Crippen LogP contribution in [0.1, 0.15) is 38.5 Å². The molecule has 0 aromatic heterocycles. The van der Waals surface area contributed by atoms with E-state index in [1.807, 2.05) is 0 Å². The average Bonchev–Trinajstić information content (AvgIpc) is 2.35. The van der Waals surface area contributed by atoms with Crippen LogP contribution in [-0.4, -0.2) is 45.5 Å². The summed E-state index contributed by atoms with van der Waals surface area (Å²) < 4.78 is 30.7. The van der Waals surface area contributed by atoms with Crippen LogP contribution in [0.5, 0.6) is 0 Å². The van der Waals surface area contributed by atoms with Crippen LogP contribution in [0.2, 0.25) is 0 Å². The van der Waals surface area contributed by atoms with Crippen LogP contribution in [0, 0.1) is 5.41 Å². The van der Waals surface area contributed by atoms with Gasteiger partial charge in [0.15, 0.2) is 0 Å². The number of carbonyl (C=O) groups is 1. The Bertz CT molecular complexity index is 387. The van der Waals surface area contributed by atoms with Gasteiger partial charge in [0, 0.05) is 13.7 Å². The summed E-state index contributed by atoms with van der Waals surface area (Å²) in [5, 5.41) is 9.00. The predicted molar refractivity (Wildman–Crippen MR) is 71.4 cm³/mol. The minimum absolute atomic E-state index is 0.0276. The fourth-order valence-electron chi connectivity index (χ4n) is 2.57. The first-order valence-corrected chi connectivity index (χ1v) is 8.22. The third-order valence-corrected chi connectivity index (χ3v) is 4.95. The Morgan fingerprint density at radius 3 is 2.47 bits per heavy atom. The standard InChI is InChI=1S/C12H23NO5S/c1-18-7-8-19(16,17)13-10-12(9-11(14)15)5-3-2-4-6-12/h13H,2-10H2,1H3,(H,14,15). The molecule has 0 unspecified atom stereocenters. The second kappa shape index (κ2) is 7.21. The summed E-state index contributed by atoms with van der Waals surface area (Å²) in [5.41, 5.74) is -0.426. The van der Waals surface area contributed by atoms with Crippen LogP contribution < -0.4 is 4.72 Å². The quantitative estimate of drug-likeness (QED) is 0.696. The Morgan fingerprint density at radius 2 is 1.95 bits per heavy atom. The Morgan fingerprint density at radius 1 is 1.32 bits per heavy atom. The van der Waals surface area contributed by atoms with Gasteiger partial charge in [-0.2, -0.15) is 0 Å². The number of methoxy groups -OCH3 is 1. The number of carboxylic acids is 1. The van der Waals surface area contributed by atoms with Crippen LogP contribution in [0.15, 0.2) is 0 Å². The number of rotatable bonds is 8. The number of hydrogen-bond acceptors (Lipinski definition) is 4. The first-order valence-electron chi connectivity index (χ1n) is 6.57. The van der Waals surface area contributed by atoms with Gasteiger partial charge in [-0.25, -0.2) is 13.1 Å². The Labute approximate surface area is 114 Å². The molecule has 0 aromatic carbocycles. The molecule has 1 fully saturated rings. The van der Waals surface area contributed by atoms with Gasteiger partial charge in [-0.05, 0) is 18.3 Å². The molecule has 1 saturated carbocycles. The lowest BCUT2D eigenvalue weighted by Crippen LogP contribution is -2.41. The average molecular weight is 293 g/mol. The van der Waals surface area contributed by atoms with Crippen molar-refractivity contribution in [2.24, 2.45) is 5.41 Å². The fourth-order valence-corrected chi connectivity index (χ4v) is 3.62. The Balaban J connectivity index is 2.60. The van der Waals surface area contributed by atoms with Crippen molar-refractivity contribution in [3.63, 3.8) is 0 Å². The molecule has 1 rings (SSSR count). The molecular weight excluding hydrogens is 270 g/mol. The number of hydrogen-bond donors (Lipinski definition) is 2. The van der Waals surface area contributed by atoms with Crippen LogP contribution >= 0.6 is 0 Å². The van der Waals surface area contributed by atoms with Gasteiger partial charge in [0.1, 0.15) is 0 Å². The van der Waals surface area contributed by atoms with E-state index in [4.69, 9.17) is 9.84 Å². The molecule has 2 N–H and O–H groups in total. The van der Waals surface area contributed by atoms with E-state index in [0.717, 1.165) is 32.1 Å². The van der Waals surface area contributed by atoms with E-state index in [2.05, 4.69) is 4.72 Å². The van der Waals surface area contributed by atoms with Gasteiger partial charge in [-0.3, -0.25) is 4.79 Å². The van der Waals surface area contributed by atoms with Crippen LogP contribution in [0.4, 0.5) is 0 Å². The van der Waals surface area contributed by atoms with Gasteiger partial charge in [0.2, 0.25) is 10.0 Å². The van der Waals surface area contributed by atoms with Gasteiger partial charge < -0.3 is 9.84 Å². The maximum Gasteiger partial charge on any atom is 0.303 e. The zero-order valence-electron chi connectivity index (χ0n) is 11.4. The zero-order valence-corrected chi connectivity index (χ0v) is 12.2. The normalized spacial score (nSPS) is 19.2. The SMILES string of the molecule is COCCS(=O)(=O)NCC1(CC(=O)O)CCCCC1. The molecule has 0 atom stereocenters. The minimum atomic E-state index is -3.38. The van der Waals surface area contributed by atoms with Crippen molar-refractivity contribution in [3.05, 3.63) is 0 Å². The first-order chi connectivity index (χ1) is 8.89. The highest BCUT2D eigenvalue weighted by Gasteiger charge is 2.35.